The van der Waals surface area contributed by atoms with Crippen molar-refractivity contribution in [1.29, 1.82) is 0 Å². The highest BCUT2D eigenvalue weighted by Gasteiger charge is 2.43. The Labute approximate surface area is 113 Å². The third-order valence-electron chi connectivity index (χ3n) is 3.43. The van der Waals surface area contributed by atoms with Crippen LogP contribution < -0.4 is 11.1 Å². The van der Waals surface area contributed by atoms with Crippen molar-refractivity contribution in [3.63, 3.8) is 0 Å². The van der Waals surface area contributed by atoms with E-state index in [4.69, 9.17) is 18.0 Å². The zero-order valence-corrected chi connectivity index (χ0v) is 12.3. The van der Waals surface area contributed by atoms with E-state index in [9.17, 15) is 4.79 Å². The standard InChI is InChI=1S/C12H22N2OS2/c1-9(8-17-2)7-14-11(15)12(10(13)16)5-3-4-6-12/h9H,3-8H2,1-2H3,(H2,13,16)(H,14,15). The van der Waals surface area contributed by atoms with Crippen LogP contribution in [0.1, 0.15) is 32.6 Å². The van der Waals surface area contributed by atoms with Gasteiger partial charge in [-0.3, -0.25) is 4.79 Å². The number of nitrogens with one attached hydrogen (secondary N) is 1. The number of amides is 1. The predicted octanol–water partition coefficient (Wildman–Crippen LogP) is 1.95. The van der Waals surface area contributed by atoms with Gasteiger partial charge in [0.05, 0.1) is 10.4 Å². The van der Waals surface area contributed by atoms with E-state index in [2.05, 4.69) is 18.5 Å². The Kier molecular flexibility index (Phi) is 5.73. The molecule has 1 aliphatic carbocycles. The van der Waals surface area contributed by atoms with Crippen LogP contribution in [0.5, 0.6) is 0 Å². The summed E-state index contributed by atoms with van der Waals surface area (Å²) in [7, 11) is 0. The van der Waals surface area contributed by atoms with Gasteiger partial charge in [-0.15, -0.1) is 0 Å². The fraction of sp³-hybridized carbons (Fsp3) is 0.833. The van der Waals surface area contributed by atoms with Gasteiger partial charge in [0.15, 0.2) is 0 Å². The van der Waals surface area contributed by atoms with Gasteiger partial charge >= 0.3 is 0 Å². The van der Waals surface area contributed by atoms with Gasteiger partial charge in [0.2, 0.25) is 5.91 Å². The molecule has 1 atom stereocenters. The number of thioether (sulfide) groups is 1. The van der Waals surface area contributed by atoms with Gasteiger partial charge in [0.25, 0.3) is 0 Å². The van der Waals surface area contributed by atoms with E-state index < -0.39 is 5.41 Å². The third kappa shape index (κ3) is 3.58. The molecule has 98 valence electrons. The van der Waals surface area contributed by atoms with Gasteiger partial charge in [-0.05, 0) is 30.8 Å². The highest BCUT2D eigenvalue weighted by molar-refractivity contribution is 7.98. The molecule has 0 saturated heterocycles. The van der Waals surface area contributed by atoms with Crippen LogP contribution in [0.15, 0.2) is 0 Å². The Bertz CT molecular complexity index is 288. The molecule has 1 fully saturated rings. The van der Waals surface area contributed by atoms with Crippen LogP contribution in [-0.4, -0.2) is 29.4 Å². The number of nitrogens with two attached hydrogens (primary N) is 1. The number of hydrogen-bond donors (Lipinski definition) is 2. The van der Waals surface area contributed by atoms with Crippen molar-refractivity contribution >= 4 is 34.9 Å². The number of thiocarbonyl (C=S) groups is 1. The molecule has 1 saturated carbocycles. The van der Waals surface area contributed by atoms with Crippen molar-refractivity contribution in [1.82, 2.24) is 5.32 Å². The molecule has 0 aromatic carbocycles. The van der Waals surface area contributed by atoms with E-state index in [1.165, 1.54) is 0 Å². The lowest BCUT2D eigenvalue weighted by molar-refractivity contribution is -0.127. The predicted molar refractivity (Wildman–Crippen MR) is 78.2 cm³/mol. The van der Waals surface area contributed by atoms with Crippen LogP contribution in [0.3, 0.4) is 0 Å². The normalized spacial score (nSPS) is 19.9. The van der Waals surface area contributed by atoms with E-state index in [-0.39, 0.29) is 5.91 Å². The monoisotopic (exact) mass is 274 g/mol. The molecule has 1 unspecified atom stereocenters. The molecule has 1 rings (SSSR count). The molecule has 17 heavy (non-hydrogen) atoms. The Balaban J connectivity index is 2.53. The van der Waals surface area contributed by atoms with Crippen molar-refractivity contribution in [2.75, 3.05) is 18.6 Å². The summed E-state index contributed by atoms with van der Waals surface area (Å²) in [5.41, 5.74) is 5.20. The molecule has 0 bridgehead atoms. The van der Waals surface area contributed by atoms with E-state index in [0.717, 1.165) is 31.4 Å². The summed E-state index contributed by atoms with van der Waals surface area (Å²) in [6.45, 7) is 2.85. The van der Waals surface area contributed by atoms with Crippen molar-refractivity contribution in [2.45, 2.75) is 32.6 Å². The maximum atomic E-state index is 12.2. The summed E-state index contributed by atoms with van der Waals surface area (Å²) in [6.07, 6.45) is 5.79. The van der Waals surface area contributed by atoms with E-state index in [0.29, 0.717) is 17.5 Å². The van der Waals surface area contributed by atoms with Crippen LogP contribution >= 0.6 is 24.0 Å². The lowest BCUT2D eigenvalue weighted by Gasteiger charge is -2.27. The fourth-order valence-electron chi connectivity index (χ4n) is 2.34. The van der Waals surface area contributed by atoms with Crippen molar-refractivity contribution in [3.8, 4) is 0 Å². The van der Waals surface area contributed by atoms with Gasteiger partial charge in [-0.25, -0.2) is 0 Å². The second kappa shape index (κ2) is 6.59. The Morgan fingerprint density at radius 2 is 2.12 bits per heavy atom. The second-order valence-corrected chi connectivity index (χ2v) is 6.27. The molecule has 0 spiro atoms. The smallest absolute Gasteiger partial charge is 0.233 e. The number of carbonyl (C=O) groups excluding carboxylic acids is 1. The zero-order chi connectivity index (χ0) is 12.9. The van der Waals surface area contributed by atoms with Crippen LogP contribution in [0.2, 0.25) is 0 Å². The largest absolute Gasteiger partial charge is 0.392 e. The number of rotatable bonds is 6. The molecule has 0 radical (unpaired) electrons. The second-order valence-electron chi connectivity index (χ2n) is 4.92. The van der Waals surface area contributed by atoms with E-state index in [1.807, 2.05) is 0 Å². The molecular formula is C12H22N2OS2. The Morgan fingerprint density at radius 1 is 1.53 bits per heavy atom. The molecular weight excluding hydrogens is 252 g/mol. The van der Waals surface area contributed by atoms with Crippen LogP contribution in [0.4, 0.5) is 0 Å². The van der Waals surface area contributed by atoms with Gasteiger partial charge in [-0.1, -0.05) is 32.0 Å². The maximum Gasteiger partial charge on any atom is 0.233 e. The average Bonchev–Trinajstić information content (AvgIpc) is 2.76. The molecule has 0 heterocycles. The summed E-state index contributed by atoms with van der Waals surface area (Å²) in [6, 6.07) is 0. The third-order valence-corrected chi connectivity index (χ3v) is 4.72. The lowest BCUT2D eigenvalue weighted by atomic mass is 9.85. The quantitative estimate of drug-likeness (QED) is 0.727. The highest BCUT2D eigenvalue weighted by Crippen LogP contribution is 2.38. The molecule has 3 N–H and O–H groups in total. The molecule has 5 heteroatoms. The first-order chi connectivity index (χ1) is 8.03. The van der Waals surface area contributed by atoms with Gasteiger partial charge in [-0.2, -0.15) is 11.8 Å². The fourth-order valence-corrected chi connectivity index (χ4v) is 3.33. The first-order valence-electron chi connectivity index (χ1n) is 6.10. The molecule has 0 aromatic heterocycles. The number of hydrogen-bond acceptors (Lipinski definition) is 3. The molecule has 0 aromatic rings. The van der Waals surface area contributed by atoms with E-state index >= 15 is 0 Å². The SMILES string of the molecule is CSCC(C)CNC(=O)C1(C(N)=S)CCCC1. The number of carbonyl (C=O) groups is 1. The summed E-state index contributed by atoms with van der Waals surface area (Å²) >= 11 is 6.88. The van der Waals surface area contributed by atoms with Gasteiger partial charge in [0.1, 0.15) is 0 Å². The van der Waals surface area contributed by atoms with Crippen molar-refractivity contribution in [2.24, 2.45) is 17.1 Å². The lowest BCUT2D eigenvalue weighted by Crippen LogP contribution is -2.48. The molecule has 3 nitrogen and oxygen atoms in total. The van der Waals surface area contributed by atoms with Crippen LogP contribution in [-0.2, 0) is 4.79 Å². The van der Waals surface area contributed by atoms with Gasteiger partial charge in [0, 0.05) is 6.54 Å². The topological polar surface area (TPSA) is 55.1 Å². The highest BCUT2D eigenvalue weighted by atomic mass is 32.2. The first kappa shape index (κ1) is 14.8. The molecule has 0 aliphatic heterocycles. The minimum absolute atomic E-state index is 0.0375. The summed E-state index contributed by atoms with van der Waals surface area (Å²) in [4.78, 5) is 12.6. The van der Waals surface area contributed by atoms with E-state index in [1.54, 1.807) is 11.8 Å². The minimum atomic E-state index is -0.561. The average molecular weight is 274 g/mol. The Hall–Kier alpha value is -0.290. The van der Waals surface area contributed by atoms with Crippen molar-refractivity contribution in [3.05, 3.63) is 0 Å². The first-order valence-corrected chi connectivity index (χ1v) is 7.90. The Morgan fingerprint density at radius 3 is 2.59 bits per heavy atom. The molecule has 1 aliphatic rings. The van der Waals surface area contributed by atoms with Crippen LogP contribution in [0.25, 0.3) is 0 Å². The summed E-state index contributed by atoms with van der Waals surface area (Å²) in [5.74, 6) is 1.58. The van der Waals surface area contributed by atoms with Crippen molar-refractivity contribution < 1.29 is 4.79 Å². The zero-order valence-electron chi connectivity index (χ0n) is 10.6. The van der Waals surface area contributed by atoms with Crippen LogP contribution in [0, 0.1) is 11.3 Å². The molecule has 1 amide bonds. The maximum absolute atomic E-state index is 12.2. The summed E-state index contributed by atoms with van der Waals surface area (Å²) in [5, 5.41) is 3.01. The minimum Gasteiger partial charge on any atom is -0.392 e. The summed E-state index contributed by atoms with van der Waals surface area (Å²) < 4.78 is 0. The van der Waals surface area contributed by atoms with Gasteiger partial charge < -0.3 is 11.1 Å².